The highest BCUT2D eigenvalue weighted by Gasteiger charge is 2.39. The van der Waals surface area contributed by atoms with E-state index in [2.05, 4.69) is 10.6 Å². The second-order valence-electron chi connectivity index (χ2n) is 11.0. The third-order valence-corrected chi connectivity index (χ3v) is 7.89. The molecule has 0 fully saturated rings. The molecule has 1 aliphatic heterocycles. The van der Waals surface area contributed by atoms with Gasteiger partial charge >= 0.3 is 0 Å². The van der Waals surface area contributed by atoms with E-state index in [1.165, 1.54) is 0 Å². The van der Waals surface area contributed by atoms with Gasteiger partial charge in [0.05, 0.1) is 44.1 Å². The molecule has 3 aromatic carbocycles. The van der Waals surface area contributed by atoms with E-state index < -0.39 is 6.29 Å². The van der Waals surface area contributed by atoms with Gasteiger partial charge in [-0.25, -0.2) is 0 Å². The lowest BCUT2D eigenvalue weighted by Gasteiger charge is -2.36. The molecular formula is C36H41N3O8. The van der Waals surface area contributed by atoms with Crippen LogP contribution in [-0.2, 0) is 30.3 Å². The molecule has 5 N–H and O–H groups in total. The molecule has 4 aromatic rings. The minimum absolute atomic E-state index is 0.0332. The third-order valence-electron chi connectivity index (χ3n) is 7.89. The zero-order chi connectivity index (χ0) is 33.0. The topological polar surface area (TPSA) is 155 Å². The Kier molecular flexibility index (Phi) is 12.0. The number of nitrogens with one attached hydrogen (secondary N) is 2. The number of rotatable bonds is 16. The van der Waals surface area contributed by atoms with Crippen LogP contribution in [0.4, 0.5) is 11.4 Å². The molecule has 3 atom stereocenters. The lowest BCUT2D eigenvalue weighted by molar-refractivity contribution is -0.168. The molecule has 5 rings (SSSR count). The van der Waals surface area contributed by atoms with Crippen LogP contribution >= 0.6 is 0 Å². The van der Waals surface area contributed by atoms with Crippen LogP contribution in [-0.4, -0.2) is 62.9 Å². The number of aliphatic hydroxyl groups is 1. The number of hydrogen-bond donors (Lipinski definition) is 4. The molecule has 11 nitrogen and oxygen atoms in total. The Morgan fingerprint density at radius 3 is 2.43 bits per heavy atom. The van der Waals surface area contributed by atoms with Crippen LogP contribution in [0.1, 0.15) is 40.7 Å². The molecule has 2 heterocycles. The number of para-hydroxylation sites is 3. The third kappa shape index (κ3) is 8.78. The van der Waals surface area contributed by atoms with Crippen LogP contribution in [0.3, 0.4) is 0 Å². The van der Waals surface area contributed by atoms with E-state index in [-0.39, 0.29) is 49.2 Å². The lowest BCUT2D eigenvalue weighted by Crippen LogP contribution is -2.39. The Morgan fingerprint density at radius 1 is 0.915 bits per heavy atom. The van der Waals surface area contributed by atoms with Crippen LogP contribution in [0.2, 0.25) is 0 Å². The fourth-order valence-electron chi connectivity index (χ4n) is 5.51. The second-order valence-corrected chi connectivity index (χ2v) is 11.0. The van der Waals surface area contributed by atoms with Gasteiger partial charge in [-0.3, -0.25) is 9.59 Å². The summed E-state index contributed by atoms with van der Waals surface area (Å²) in [7, 11) is 0. The Labute approximate surface area is 273 Å². The fourth-order valence-corrected chi connectivity index (χ4v) is 5.51. The van der Waals surface area contributed by atoms with E-state index in [4.69, 9.17) is 34.2 Å². The summed E-state index contributed by atoms with van der Waals surface area (Å²) >= 11 is 0. The monoisotopic (exact) mass is 643 g/mol. The maximum atomic E-state index is 13.5. The van der Waals surface area contributed by atoms with E-state index in [1.807, 2.05) is 37.3 Å². The number of ether oxygens (including phenoxy) is 4. The SMILES string of the molecule is CCO[C@@H]1OC(C(=O)NCc2ccc(C(=O)Nc3ccccc3N)cc2)=C[C@H](c2coc3ccccc23)[C@H]1CCOCCOCCO. The number of carbonyl (C=O) groups is 2. The van der Waals surface area contributed by atoms with Gasteiger partial charge in [-0.15, -0.1) is 0 Å². The van der Waals surface area contributed by atoms with Gasteiger partial charge in [-0.05, 0) is 55.3 Å². The maximum Gasteiger partial charge on any atom is 0.286 e. The summed E-state index contributed by atoms with van der Waals surface area (Å²) in [5.74, 6) is -0.936. The van der Waals surface area contributed by atoms with Crippen molar-refractivity contribution in [2.45, 2.75) is 32.1 Å². The average molecular weight is 644 g/mol. The molecule has 0 saturated heterocycles. The van der Waals surface area contributed by atoms with Crippen molar-refractivity contribution >= 4 is 34.2 Å². The molecule has 0 unspecified atom stereocenters. The van der Waals surface area contributed by atoms with Gasteiger partial charge in [0.2, 0.25) is 6.29 Å². The second kappa shape index (κ2) is 16.8. The van der Waals surface area contributed by atoms with Gasteiger partial charge in [0.25, 0.3) is 11.8 Å². The number of hydrogen-bond acceptors (Lipinski definition) is 9. The molecule has 11 heteroatoms. The van der Waals surface area contributed by atoms with Crippen molar-refractivity contribution in [2.75, 3.05) is 50.7 Å². The van der Waals surface area contributed by atoms with E-state index in [0.717, 1.165) is 22.1 Å². The highest BCUT2D eigenvalue weighted by molar-refractivity contribution is 6.05. The number of nitrogen functional groups attached to an aromatic ring is 1. The summed E-state index contributed by atoms with van der Waals surface area (Å²) in [6.45, 7) is 3.93. The van der Waals surface area contributed by atoms with E-state index in [0.29, 0.717) is 49.8 Å². The Bertz CT molecular complexity index is 1650. The molecule has 0 radical (unpaired) electrons. The van der Waals surface area contributed by atoms with E-state index in [1.54, 1.807) is 54.8 Å². The zero-order valence-electron chi connectivity index (χ0n) is 26.4. The highest BCUT2D eigenvalue weighted by atomic mass is 16.7. The Hall–Kier alpha value is -4.68. The number of furan rings is 1. The first kappa shape index (κ1) is 33.7. The molecular weight excluding hydrogens is 602 g/mol. The van der Waals surface area contributed by atoms with Crippen LogP contribution in [0.5, 0.6) is 0 Å². The predicted molar refractivity (Wildman–Crippen MR) is 177 cm³/mol. The number of benzene rings is 3. The number of aliphatic hydroxyl groups excluding tert-OH is 1. The summed E-state index contributed by atoms with van der Waals surface area (Å²) in [6.07, 6.45) is 3.46. The smallest absolute Gasteiger partial charge is 0.286 e. The molecule has 0 saturated carbocycles. The molecule has 0 aliphatic carbocycles. The van der Waals surface area contributed by atoms with Crippen molar-refractivity contribution in [2.24, 2.45) is 5.92 Å². The van der Waals surface area contributed by atoms with Crippen molar-refractivity contribution in [3.63, 3.8) is 0 Å². The highest BCUT2D eigenvalue weighted by Crippen LogP contribution is 2.42. The minimum Gasteiger partial charge on any atom is -0.464 e. The summed E-state index contributed by atoms with van der Waals surface area (Å²) in [6, 6.07) is 21.8. The van der Waals surface area contributed by atoms with Crippen molar-refractivity contribution in [1.29, 1.82) is 0 Å². The van der Waals surface area contributed by atoms with Crippen molar-refractivity contribution in [3.05, 3.63) is 108 Å². The van der Waals surface area contributed by atoms with Crippen LogP contribution in [0, 0.1) is 5.92 Å². The van der Waals surface area contributed by atoms with Crippen LogP contribution < -0.4 is 16.4 Å². The van der Waals surface area contributed by atoms with Crippen molar-refractivity contribution in [1.82, 2.24) is 5.32 Å². The molecule has 1 aliphatic rings. The molecule has 1 aromatic heterocycles. The predicted octanol–water partition coefficient (Wildman–Crippen LogP) is 4.98. The van der Waals surface area contributed by atoms with Gasteiger partial charge in [0.1, 0.15) is 5.58 Å². The van der Waals surface area contributed by atoms with Gasteiger partial charge < -0.3 is 44.8 Å². The number of anilines is 2. The van der Waals surface area contributed by atoms with E-state index in [9.17, 15) is 9.59 Å². The number of fused-ring (bicyclic) bond motifs is 1. The zero-order valence-corrected chi connectivity index (χ0v) is 26.4. The van der Waals surface area contributed by atoms with Gasteiger partial charge in [0, 0.05) is 48.1 Å². The summed E-state index contributed by atoms with van der Waals surface area (Å²) in [5, 5.41) is 15.6. The number of nitrogens with two attached hydrogens (primary N) is 1. The summed E-state index contributed by atoms with van der Waals surface area (Å²) in [4.78, 5) is 26.2. The van der Waals surface area contributed by atoms with Crippen LogP contribution in [0.25, 0.3) is 11.0 Å². The first-order chi connectivity index (χ1) is 23.0. The van der Waals surface area contributed by atoms with Gasteiger partial charge in [-0.2, -0.15) is 0 Å². The Balaban J connectivity index is 1.28. The molecule has 47 heavy (non-hydrogen) atoms. The summed E-state index contributed by atoms with van der Waals surface area (Å²) in [5.41, 5.74) is 9.92. The summed E-state index contributed by atoms with van der Waals surface area (Å²) < 4.78 is 29.2. The Morgan fingerprint density at radius 2 is 1.66 bits per heavy atom. The van der Waals surface area contributed by atoms with Gasteiger partial charge in [0.15, 0.2) is 5.76 Å². The molecule has 0 spiro atoms. The average Bonchev–Trinajstić information content (AvgIpc) is 3.52. The number of carbonyl (C=O) groups excluding carboxylic acids is 2. The largest absolute Gasteiger partial charge is 0.464 e. The van der Waals surface area contributed by atoms with E-state index >= 15 is 0 Å². The minimum atomic E-state index is -0.699. The van der Waals surface area contributed by atoms with Crippen molar-refractivity contribution < 1.29 is 38.1 Å². The number of allylic oxidation sites excluding steroid dienone is 1. The normalized spacial score (nSPS) is 17.6. The van der Waals surface area contributed by atoms with Gasteiger partial charge in [-0.1, -0.05) is 42.5 Å². The van der Waals surface area contributed by atoms with Crippen LogP contribution in [0.15, 0.2) is 95.3 Å². The quantitative estimate of drug-likeness (QED) is 0.0978. The fraction of sp³-hybridized carbons (Fsp3) is 0.333. The lowest BCUT2D eigenvalue weighted by atomic mass is 9.81. The molecule has 0 bridgehead atoms. The number of amides is 2. The first-order valence-electron chi connectivity index (χ1n) is 15.7. The molecule has 248 valence electrons. The standard InChI is InChI=1S/C36H41N3O8/c1-2-45-36-27(15-17-43-19-20-44-18-16-40)28(29-23-46-32-10-6-3-7-26(29)32)21-33(47-36)35(42)38-22-24-11-13-25(14-12-24)34(41)39-31-9-5-4-8-30(31)37/h3-14,21,23,27-28,36,40H,2,15-20,22,37H2,1H3,(H,38,42)(H,39,41)/t27-,28+,36-/m1/s1. The van der Waals surface area contributed by atoms with Crippen molar-refractivity contribution in [3.8, 4) is 0 Å². The molecule has 2 amide bonds. The first-order valence-corrected chi connectivity index (χ1v) is 15.7. The maximum absolute atomic E-state index is 13.5.